The third-order valence-electron chi connectivity index (χ3n) is 4.77. The van der Waals surface area contributed by atoms with Gasteiger partial charge in [0.25, 0.3) is 0 Å². The van der Waals surface area contributed by atoms with Gasteiger partial charge in [-0.05, 0) is 48.4 Å². The summed E-state index contributed by atoms with van der Waals surface area (Å²) in [6.07, 6.45) is 0.513. The van der Waals surface area contributed by atoms with Crippen LogP contribution in [0.1, 0.15) is 5.56 Å². The standard InChI is InChI=1S/C23H23BrN2O3S/c1-25(21-10-6-3-7-11-21)23(27)18-26(17-16-19-8-4-2-5-9-19)30(28,29)22-14-12-20(24)13-15-22/h2-15H,16-18H2,1H3. The van der Waals surface area contributed by atoms with Gasteiger partial charge in [-0.25, -0.2) is 8.42 Å². The predicted octanol–water partition coefficient (Wildman–Crippen LogP) is 4.35. The van der Waals surface area contributed by atoms with Crippen molar-refractivity contribution < 1.29 is 13.2 Å². The Morgan fingerprint density at radius 1 is 0.867 bits per heavy atom. The van der Waals surface area contributed by atoms with Crippen LogP contribution >= 0.6 is 15.9 Å². The van der Waals surface area contributed by atoms with E-state index in [0.717, 1.165) is 10.0 Å². The smallest absolute Gasteiger partial charge is 0.243 e. The van der Waals surface area contributed by atoms with Crippen molar-refractivity contribution in [3.05, 3.63) is 95.0 Å². The quantitative estimate of drug-likeness (QED) is 0.475. The molecular weight excluding hydrogens is 464 g/mol. The van der Waals surface area contributed by atoms with E-state index in [0.29, 0.717) is 12.1 Å². The summed E-state index contributed by atoms with van der Waals surface area (Å²) >= 11 is 3.33. The van der Waals surface area contributed by atoms with E-state index in [4.69, 9.17) is 0 Å². The largest absolute Gasteiger partial charge is 0.314 e. The van der Waals surface area contributed by atoms with Gasteiger partial charge in [0.15, 0.2) is 0 Å². The molecule has 0 N–H and O–H groups in total. The number of para-hydroxylation sites is 1. The fourth-order valence-corrected chi connectivity index (χ4v) is 4.65. The highest BCUT2D eigenvalue weighted by Crippen LogP contribution is 2.20. The van der Waals surface area contributed by atoms with Gasteiger partial charge >= 0.3 is 0 Å². The number of sulfonamides is 1. The van der Waals surface area contributed by atoms with Gasteiger partial charge < -0.3 is 4.90 Å². The minimum Gasteiger partial charge on any atom is -0.314 e. The maximum absolute atomic E-state index is 13.3. The van der Waals surface area contributed by atoms with Crippen LogP contribution in [0.4, 0.5) is 5.69 Å². The molecule has 0 saturated heterocycles. The molecule has 3 rings (SSSR count). The van der Waals surface area contributed by atoms with Crippen LogP contribution in [0, 0.1) is 0 Å². The van der Waals surface area contributed by atoms with Crippen LogP contribution in [-0.2, 0) is 21.2 Å². The van der Waals surface area contributed by atoms with Crippen molar-refractivity contribution in [3.63, 3.8) is 0 Å². The minimum atomic E-state index is -3.83. The van der Waals surface area contributed by atoms with Gasteiger partial charge in [-0.1, -0.05) is 64.5 Å². The first-order chi connectivity index (χ1) is 14.4. The average Bonchev–Trinajstić information content (AvgIpc) is 2.77. The molecule has 0 radical (unpaired) electrons. The van der Waals surface area contributed by atoms with Crippen LogP contribution in [0.25, 0.3) is 0 Å². The molecule has 0 fully saturated rings. The lowest BCUT2D eigenvalue weighted by Gasteiger charge is -2.25. The summed E-state index contributed by atoms with van der Waals surface area (Å²) in [6.45, 7) is -0.0343. The Morgan fingerprint density at radius 3 is 2.03 bits per heavy atom. The van der Waals surface area contributed by atoms with Crippen molar-refractivity contribution in [3.8, 4) is 0 Å². The topological polar surface area (TPSA) is 57.7 Å². The molecule has 7 heteroatoms. The SMILES string of the molecule is CN(C(=O)CN(CCc1ccccc1)S(=O)(=O)c1ccc(Br)cc1)c1ccccc1. The summed E-state index contributed by atoms with van der Waals surface area (Å²) in [5.74, 6) is -0.296. The second kappa shape index (κ2) is 10.0. The molecule has 156 valence electrons. The zero-order valence-electron chi connectivity index (χ0n) is 16.6. The number of anilines is 1. The highest BCUT2D eigenvalue weighted by Gasteiger charge is 2.28. The Bertz CT molecular complexity index is 1070. The number of halogens is 1. The number of rotatable bonds is 8. The number of hydrogen-bond acceptors (Lipinski definition) is 3. The zero-order chi connectivity index (χ0) is 21.6. The maximum Gasteiger partial charge on any atom is 0.243 e. The van der Waals surface area contributed by atoms with Crippen LogP contribution in [0.3, 0.4) is 0 Å². The van der Waals surface area contributed by atoms with Crippen molar-refractivity contribution in [1.82, 2.24) is 4.31 Å². The van der Waals surface area contributed by atoms with Crippen LogP contribution in [0.5, 0.6) is 0 Å². The molecule has 30 heavy (non-hydrogen) atoms. The molecule has 0 spiro atoms. The Kier molecular flexibility index (Phi) is 7.42. The van der Waals surface area contributed by atoms with Crippen LogP contribution in [0.2, 0.25) is 0 Å². The van der Waals surface area contributed by atoms with Gasteiger partial charge in [0.2, 0.25) is 15.9 Å². The van der Waals surface area contributed by atoms with Gasteiger partial charge in [-0.2, -0.15) is 4.31 Å². The van der Waals surface area contributed by atoms with Crippen molar-refractivity contribution in [2.45, 2.75) is 11.3 Å². The molecule has 1 amide bonds. The second-order valence-electron chi connectivity index (χ2n) is 6.82. The molecule has 0 bridgehead atoms. The van der Waals surface area contributed by atoms with Gasteiger partial charge in [-0.15, -0.1) is 0 Å². The van der Waals surface area contributed by atoms with Crippen molar-refractivity contribution in [2.24, 2.45) is 0 Å². The van der Waals surface area contributed by atoms with Crippen molar-refractivity contribution >= 4 is 37.5 Å². The number of amides is 1. The molecule has 3 aromatic rings. The minimum absolute atomic E-state index is 0.161. The van der Waals surface area contributed by atoms with E-state index in [1.807, 2.05) is 60.7 Å². The number of nitrogens with zero attached hydrogens (tertiary/aromatic N) is 2. The van der Waals surface area contributed by atoms with Crippen molar-refractivity contribution in [1.29, 1.82) is 0 Å². The molecular formula is C23H23BrN2O3S. The summed E-state index contributed by atoms with van der Waals surface area (Å²) in [7, 11) is -2.18. The Morgan fingerprint density at radius 2 is 1.43 bits per heavy atom. The number of benzene rings is 3. The molecule has 0 aliphatic rings. The first kappa shape index (κ1) is 22.2. The Labute approximate surface area is 186 Å². The highest BCUT2D eigenvalue weighted by molar-refractivity contribution is 9.10. The number of hydrogen-bond donors (Lipinski definition) is 0. The fraction of sp³-hybridized carbons (Fsp3) is 0.174. The summed E-state index contributed by atoms with van der Waals surface area (Å²) in [5, 5.41) is 0. The van der Waals surface area contributed by atoms with Crippen LogP contribution in [0.15, 0.2) is 94.3 Å². The lowest BCUT2D eigenvalue weighted by atomic mass is 10.1. The van der Waals surface area contributed by atoms with Gasteiger partial charge in [0.05, 0.1) is 11.4 Å². The molecule has 0 heterocycles. The van der Waals surface area contributed by atoms with Crippen LogP contribution in [-0.4, -0.2) is 38.8 Å². The first-order valence-electron chi connectivity index (χ1n) is 9.49. The van der Waals surface area contributed by atoms with E-state index in [-0.39, 0.29) is 23.9 Å². The van der Waals surface area contributed by atoms with Crippen molar-refractivity contribution in [2.75, 3.05) is 25.0 Å². The van der Waals surface area contributed by atoms with E-state index < -0.39 is 10.0 Å². The maximum atomic E-state index is 13.3. The normalized spacial score (nSPS) is 11.4. The Hall–Kier alpha value is -2.48. The van der Waals surface area contributed by atoms with Gasteiger partial charge in [0.1, 0.15) is 0 Å². The average molecular weight is 487 g/mol. The highest BCUT2D eigenvalue weighted by atomic mass is 79.9. The molecule has 0 aromatic heterocycles. The molecule has 0 unspecified atom stereocenters. The van der Waals surface area contributed by atoms with Crippen LogP contribution < -0.4 is 4.90 Å². The van der Waals surface area contributed by atoms with Gasteiger partial charge in [0, 0.05) is 23.8 Å². The summed E-state index contributed by atoms with van der Waals surface area (Å²) in [5.41, 5.74) is 1.73. The van der Waals surface area contributed by atoms with E-state index in [2.05, 4.69) is 15.9 Å². The zero-order valence-corrected chi connectivity index (χ0v) is 19.0. The molecule has 0 saturated carbocycles. The number of likely N-dealkylation sites (N-methyl/N-ethyl adjacent to an activating group) is 1. The van der Waals surface area contributed by atoms with E-state index in [1.54, 1.807) is 31.3 Å². The lowest BCUT2D eigenvalue weighted by Crippen LogP contribution is -2.42. The fourth-order valence-electron chi connectivity index (χ4n) is 2.99. The second-order valence-corrected chi connectivity index (χ2v) is 9.67. The Balaban J connectivity index is 1.84. The summed E-state index contributed by atoms with van der Waals surface area (Å²) in [6, 6.07) is 25.3. The summed E-state index contributed by atoms with van der Waals surface area (Å²) in [4.78, 5) is 14.5. The molecule has 0 atom stereocenters. The summed E-state index contributed by atoms with van der Waals surface area (Å²) < 4.78 is 28.6. The lowest BCUT2D eigenvalue weighted by molar-refractivity contribution is -0.118. The van der Waals surface area contributed by atoms with Gasteiger partial charge in [-0.3, -0.25) is 4.79 Å². The number of carbonyl (C=O) groups excluding carboxylic acids is 1. The molecule has 0 aliphatic heterocycles. The third-order valence-corrected chi connectivity index (χ3v) is 7.16. The molecule has 3 aromatic carbocycles. The van der Waals surface area contributed by atoms with E-state index in [9.17, 15) is 13.2 Å². The van der Waals surface area contributed by atoms with E-state index in [1.165, 1.54) is 9.21 Å². The monoisotopic (exact) mass is 486 g/mol. The molecule has 0 aliphatic carbocycles. The third kappa shape index (κ3) is 5.56. The first-order valence-corrected chi connectivity index (χ1v) is 11.7. The predicted molar refractivity (Wildman–Crippen MR) is 123 cm³/mol. The molecule has 5 nitrogen and oxygen atoms in total. The number of carbonyl (C=O) groups is 1. The van der Waals surface area contributed by atoms with E-state index >= 15 is 0 Å².